The maximum atomic E-state index is 12.4. The van der Waals surface area contributed by atoms with Gasteiger partial charge in [0.15, 0.2) is 16.0 Å². The van der Waals surface area contributed by atoms with E-state index in [0.29, 0.717) is 16.5 Å². The molecule has 1 amide bonds. The minimum absolute atomic E-state index is 0.0283. The van der Waals surface area contributed by atoms with Crippen LogP contribution in [0, 0.1) is 17.0 Å². The van der Waals surface area contributed by atoms with Gasteiger partial charge in [0, 0.05) is 17.7 Å². The van der Waals surface area contributed by atoms with Gasteiger partial charge in [-0.2, -0.15) is 0 Å². The topological polar surface area (TPSA) is 110 Å². The van der Waals surface area contributed by atoms with Crippen LogP contribution in [0.15, 0.2) is 59.0 Å². The first-order valence-electron chi connectivity index (χ1n) is 8.73. The molecule has 0 unspecified atom stereocenters. The second-order valence-corrected chi connectivity index (χ2v) is 7.81. The summed E-state index contributed by atoms with van der Waals surface area (Å²) >= 11 is 6.62. The molecule has 0 saturated carbocycles. The number of hydrogen-bond acceptors (Lipinski definition) is 7. The lowest BCUT2D eigenvalue weighted by Crippen LogP contribution is -2.33. The molecular formula is C20H14N4O4S2. The van der Waals surface area contributed by atoms with E-state index in [0.717, 1.165) is 15.8 Å². The van der Waals surface area contributed by atoms with Gasteiger partial charge in [0.2, 0.25) is 0 Å². The van der Waals surface area contributed by atoms with E-state index < -0.39 is 10.8 Å². The predicted molar refractivity (Wildman–Crippen MR) is 119 cm³/mol. The fraction of sp³-hybridized carbons (Fsp3) is 0.0500. The number of carbonyl (C=O) groups is 1. The highest BCUT2D eigenvalue weighted by atomic mass is 32.1. The highest BCUT2D eigenvalue weighted by Crippen LogP contribution is 2.27. The Labute approximate surface area is 179 Å². The number of nitrogens with one attached hydrogen (secondary N) is 2. The zero-order valence-electron chi connectivity index (χ0n) is 15.5. The number of carbonyl (C=O) groups excluding carboxylic acids is 1. The molecular weight excluding hydrogens is 424 g/mol. The van der Waals surface area contributed by atoms with Crippen LogP contribution in [-0.2, 0) is 0 Å². The summed E-state index contributed by atoms with van der Waals surface area (Å²) in [5.41, 5.74) is 2.40. The van der Waals surface area contributed by atoms with Crippen molar-refractivity contribution in [3.63, 3.8) is 0 Å². The molecule has 30 heavy (non-hydrogen) atoms. The Morgan fingerprint density at radius 2 is 2.03 bits per heavy atom. The van der Waals surface area contributed by atoms with E-state index in [-0.39, 0.29) is 16.6 Å². The van der Waals surface area contributed by atoms with Crippen molar-refractivity contribution >= 4 is 55.6 Å². The summed E-state index contributed by atoms with van der Waals surface area (Å²) < 4.78 is 6.56. The van der Waals surface area contributed by atoms with Gasteiger partial charge in [-0.05, 0) is 49.0 Å². The van der Waals surface area contributed by atoms with Crippen LogP contribution >= 0.6 is 23.6 Å². The summed E-state index contributed by atoms with van der Waals surface area (Å²) in [6.45, 7) is 2.00. The molecule has 0 atom stereocenters. The lowest BCUT2D eigenvalue weighted by Gasteiger charge is -2.05. The van der Waals surface area contributed by atoms with Gasteiger partial charge in [-0.15, -0.1) is 0 Å². The van der Waals surface area contributed by atoms with E-state index in [1.54, 1.807) is 18.2 Å². The summed E-state index contributed by atoms with van der Waals surface area (Å²) in [5, 5.41) is 17.0. The van der Waals surface area contributed by atoms with E-state index in [9.17, 15) is 14.9 Å². The lowest BCUT2D eigenvalue weighted by atomic mass is 10.1. The molecule has 0 aliphatic rings. The van der Waals surface area contributed by atoms with Crippen LogP contribution < -0.4 is 10.6 Å². The Balaban J connectivity index is 1.44. The number of aromatic nitrogens is 1. The highest BCUT2D eigenvalue weighted by Gasteiger charge is 2.16. The third kappa shape index (κ3) is 4.19. The number of thiazole rings is 1. The SMILES string of the molecule is Cc1ccc2nc(NC(=S)NC(=O)c3ccc(-c4cccc([N+](=O)[O-])c4)o3)sc2c1. The number of benzene rings is 2. The Kier molecular flexibility index (Phi) is 5.25. The molecule has 0 radical (unpaired) electrons. The molecule has 2 aromatic carbocycles. The number of furan rings is 1. The third-order valence-electron chi connectivity index (χ3n) is 4.16. The number of rotatable bonds is 4. The molecule has 2 heterocycles. The third-order valence-corrected chi connectivity index (χ3v) is 5.30. The zero-order valence-corrected chi connectivity index (χ0v) is 17.2. The van der Waals surface area contributed by atoms with Crippen molar-refractivity contribution in [2.75, 3.05) is 5.32 Å². The minimum atomic E-state index is -0.541. The second-order valence-electron chi connectivity index (χ2n) is 6.37. The molecule has 0 spiro atoms. The van der Waals surface area contributed by atoms with Gasteiger partial charge in [-0.3, -0.25) is 20.2 Å². The summed E-state index contributed by atoms with van der Waals surface area (Å²) in [5.74, 6) is -0.175. The lowest BCUT2D eigenvalue weighted by molar-refractivity contribution is -0.384. The minimum Gasteiger partial charge on any atom is -0.451 e. The van der Waals surface area contributed by atoms with Crippen LogP contribution in [0.3, 0.4) is 0 Å². The number of nitrogens with zero attached hydrogens (tertiary/aromatic N) is 2. The van der Waals surface area contributed by atoms with E-state index in [1.807, 2.05) is 25.1 Å². The fourth-order valence-electron chi connectivity index (χ4n) is 2.77. The van der Waals surface area contributed by atoms with Gasteiger partial charge in [-0.1, -0.05) is 29.5 Å². The first kappa shape index (κ1) is 19.7. The Bertz CT molecular complexity index is 1290. The first-order valence-corrected chi connectivity index (χ1v) is 9.96. The van der Waals surface area contributed by atoms with Crippen LogP contribution in [0.1, 0.15) is 16.1 Å². The fourth-order valence-corrected chi connectivity index (χ4v) is 3.99. The van der Waals surface area contributed by atoms with Crippen molar-refractivity contribution in [2.45, 2.75) is 6.92 Å². The molecule has 150 valence electrons. The van der Waals surface area contributed by atoms with Crippen LogP contribution in [0.25, 0.3) is 21.5 Å². The number of aryl methyl sites for hydroxylation is 1. The number of fused-ring (bicyclic) bond motifs is 1. The van der Waals surface area contributed by atoms with Gasteiger partial charge in [0.05, 0.1) is 15.1 Å². The number of nitro benzene ring substituents is 1. The van der Waals surface area contributed by atoms with Gasteiger partial charge in [0.1, 0.15) is 5.76 Å². The van der Waals surface area contributed by atoms with E-state index in [2.05, 4.69) is 15.6 Å². The molecule has 4 aromatic rings. The summed E-state index contributed by atoms with van der Waals surface area (Å²) in [7, 11) is 0. The maximum absolute atomic E-state index is 12.4. The summed E-state index contributed by atoms with van der Waals surface area (Å²) in [6, 6.07) is 14.9. The molecule has 0 fully saturated rings. The smallest absolute Gasteiger partial charge is 0.293 e. The number of amides is 1. The van der Waals surface area contributed by atoms with E-state index in [1.165, 1.54) is 29.5 Å². The average Bonchev–Trinajstić information content (AvgIpc) is 3.34. The van der Waals surface area contributed by atoms with Crippen molar-refractivity contribution < 1.29 is 14.1 Å². The van der Waals surface area contributed by atoms with Crippen molar-refractivity contribution in [2.24, 2.45) is 0 Å². The summed E-state index contributed by atoms with van der Waals surface area (Å²) in [4.78, 5) is 27.3. The Morgan fingerprint density at radius 3 is 2.83 bits per heavy atom. The molecule has 0 bridgehead atoms. The van der Waals surface area contributed by atoms with Crippen LogP contribution in [0.4, 0.5) is 10.8 Å². The van der Waals surface area contributed by atoms with E-state index in [4.69, 9.17) is 16.6 Å². The number of non-ortho nitro benzene ring substituents is 1. The normalized spacial score (nSPS) is 10.7. The van der Waals surface area contributed by atoms with Crippen molar-refractivity contribution in [1.82, 2.24) is 10.3 Å². The second kappa shape index (κ2) is 8.01. The predicted octanol–water partition coefficient (Wildman–Crippen LogP) is 4.90. The van der Waals surface area contributed by atoms with Crippen LogP contribution in [-0.4, -0.2) is 20.9 Å². The molecule has 2 aromatic heterocycles. The van der Waals surface area contributed by atoms with Crippen molar-refractivity contribution in [3.05, 3.63) is 76.0 Å². The van der Waals surface area contributed by atoms with Crippen LogP contribution in [0.5, 0.6) is 0 Å². The molecule has 10 heteroatoms. The number of hydrogen-bond donors (Lipinski definition) is 2. The van der Waals surface area contributed by atoms with Crippen molar-refractivity contribution in [3.8, 4) is 11.3 Å². The quantitative estimate of drug-likeness (QED) is 0.265. The van der Waals surface area contributed by atoms with Gasteiger partial charge in [0.25, 0.3) is 11.6 Å². The molecule has 2 N–H and O–H groups in total. The molecule has 0 saturated heterocycles. The molecule has 0 aliphatic carbocycles. The van der Waals surface area contributed by atoms with Gasteiger partial charge < -0.3 is 9.73 Å². The molecule has 0 aliphatic heterocycles. The zero-order chi connectivity index (χ0) is 21.3. The van der Waals surface area contributed by atoms with Crippen molar-refractivity contribution in [1.29, 1.82) is 0 Å². The Morgan fingerprint density at radius 1 is 1.20 bits per heavy atom. The highest BCUT2D eigenvalue weighted by molar-refractivity contribution is 7.80. The molecule has 4 rings (SSSR count). The van der Waals surface area contributed by atoms with E-state index >= 15 is 0 Å². The first-order chi connectivity index (χ1) is 14.4. The standard InChI is InChI=1S/C20H14N4O4S2/c1-11-5-6-14-17(9-11)30-20(21-14)23-19(29)22-18(25)16-8-7-15(28-16)12-3-2-4-13(10-12)24(26)27/h2-10H,1H3,(H2,21,22,23,25,29). The van der Waals surface area contributed by atoms with Gasteiger partial charge >= 0.3 is 0 Å². The van der Waals surface area contributed by atoms with Crippen LogP contribution in [0.2, 0.25) is 0 Å². The molecule has 8 nitrogen and oxygen atoms in total. The monoisotopic (exact) mass is 438 g/mol. The average molecular weight is 438 g/mol. The number of nitro groups is 1. The largest absolute Gasteiger partial charge is 0.451 e. The summed E-state index contributed by atoms with van der Waals surface area (Å²) in [6.07, 6.45) is 0. The maximum Gasteiger partial charge on any atom is 0.293 e. The number of thiocarbonyl (C=S) groups is 1. The van der Waals surface area contributed by atoms with Gasteiger partial charge in [-0.25, -0.2) is 4.98 Å². The number of anilines is 1. The Hall–Kier alpha value is -3.63.